The van der Waals surface area contributed by atoms with Crippen molar-refractivity contribution in [3.63, 3.8) is 0 Å². The van der Waals surface area contributed by atoms with Gasteiger partial charge in [0.25, 0.3) is 0 Å². The van der Waals surface area contributed by atoms with E-state index in [1.807, 2.05) is 16.9 Å². The lowest BCUT2D eigenvalue weighted by molar-refractivity contribution is -0.146. The van der Waals surface area contributed by atoms with E-state index in [1.54, 1.807) is 6.07 Å². The summed E-state index contributed by atoms with van der Waals surface area (Å²) in [6.45, 7) is 5.26. The number of methoxy groups -OCH3 is 1. The van der Waals surface area contributed by atoms with Gasteiger partial charge < -0.3 is 19.7 Å². The maximum Gasteiger partial charge on any atom is 0.331 e. The Hall–Kier alpha value is -3.85. The predicted molar refractivity (Wildman–Crippen MR) is 176 cm³/mol. The number of piperazine rings is 1. The van der Waals surface area contributed by atoms with E-state index in [2.05, 4.69) is 57.0 Å². The summed E-state index contributed by atoms with van der Waals surface area (Å²) in [4.78, 5) is 37.2. The summed E-state index contributed by atoms with van der Waals surface area (Å²) in [6.07, 6.45) is -0.759. The van der Waals surface area contributed by atoms with Crippen LogP contribution in [0.2, 0.25) is 5.02 Å². The standard InChI is InChI=1S/C22H27ClN2O3.C11H13NO6S/c1-27-21(26)17-28-16-15-24-11-13-25(14-12-24)22(18-5-3-2-4-6-18)19-7-9-20(23)10-8-19;13-10(14)7-6-9(11(15)16)12-19(17,18)8-4-2-1-3-5-8/h2-10,22H,11-17H2,1H3;1-5,9,12H,6-7H2,(H,13,14)(H,15,16)/t;9-/m.0/s1. The van der Waals surface area contributed by atoms with Gasteiger partial charge in [-0.15, -0.1) is 0 Å². The summed E-state index contributed by atoms with van der Waals surface area (Å²) in [7, 11) is -2.61. The first-order valence-electron chi connectivity index (χ1n) is 14.9. The molecule has 3 aromatic rings. The fraction of sp³-hybridized carbons (Fsp3) is 0.364. The number of benzene rings is 3. The van der Waals surface area contributed by atoms with Crippen molar-refractivity contribution in [3.8, 4) is 0 Å². The molecule has 0 aliphatic carbocycles. The summed E-state index contributed by atoms with van der Waals surface area (Å²) >= 11 is 6.10. The number of sulfonamides is 1. The molecule has 4 rings (SSSR count). The summed E-state index contributed by atoms with van der Waals surface area (Å²) in [5.74, 6) is -2.94. The molecule has 0 bridgehead atoms. The molecule has 254 valence electrons. The zero-order valence-electron chi connectivity index (χ0n) is 26.0. The van der Waals surface area contributed by atoms with Gasteiger partial charge in [-0.1, -0.05) is 72.3 Å². The molecule has 2 atom stereocenters. The summed E-state index contributed by atoms with van der Waals surface area (Å²) in [6, 6.07) is 24.8. The molecule has 1 unspecified atom stereocenters. The molecule has 1 saturated heterocycles. The topological polar surface area (TPSA) is 163 Å². The molecular weight excluding hydrogens is 650 g/mol. The number of carboxylic acids is 2. The van der Waals surface area contributed by atoms with Crippen molar-refractivity contribution in [2.75, 3.05) is 53.0 Å². The van der Waals surface area contributed by atoms with Crippen molar-refractivity contribution >= 4 is 39.5 Å². The van der Waals surface area contributed by atoms with E-state index in [0.29, 0.717) is 6.61 Å². The SMILES string of the molecule is COC(=O)COCCN1CCN(C(c2ccccc2)c2ccc(Cl)cc2)CC1.O=C(O)CC[C@H](NS(=O)(=O)c1ccccc1)C(=O)O. The Labute approximate surface area is 279 Å². The molecular formula is C33H40ClN3O9S. The zero-order chi connectivity index (χ0) is 34.2. The van der Waals surface area contributed by atoms with E-state index in [9.17, 15) is 22.8 Å². The minimum absolute atomic E-state index is 0.0170. The molecule has 0 radical (unpaired) electrons. The normalized spacial score (nSPS) is 15.1. The first-order chi connectivity index (χ1) is 22.5. The number of ether oxygens (including phenoxy) is 2. The Kier molecular flexibility index (Phi) is 15.3. The number of carbonyl (C=O) groups is 3. The van der Waals surface area contributed by atoms with Gasteiger partial charge in [-0.2, -0.15) is 4.72 Å². The van der Waals surface area contributed by atoms with Crippen LogP contribution in [0.3, 0.4) is 0 Å². The van der Waals surface area contributed by atoms with Crippen molar-refractivity contribution in [1.29, 1.82) is 0 Å². The van der Waals surface area contributed by atoms with Gasteiger partial charge in [0.1, 0.15) is 12.6 Å². The van der Waals surface area contributed by atoms with Crippen molar-refractivity contribution < 1.29 is 42.5 Å². The Balaban J connectivity index is 0.000000277. The molecule has 1 aliphatic heterocycles. The molecule has 1 heterocycles. The number of aliphatic carboxylic acids is 2. The smallest absolute Gasteiger partial charge is 0.331 e. The average molecular weight is 690 g/mol. The second-order valence-corrected chi connectivity index (χ2v) is 12.8. The molecule has 0 saturated carbocycles. The monoisotopic (exact) mass is 689 g/mol. The summed E-state index contributed by atoms with van der Waals surface area (Å²) in [5, 5.41) is 18.1. The quantitative estimate of drug-likeness (QED) is 0.158. The molecule has 0 aromatic heterocycles. The third kappa shape index (κ3) is 12.7. The number of hydrogen-bond donors (Lipinski definition) is 3. The highest BCUT2D eigenvalue weighted by Gasteiger charge is 2.27. The molecule has 47 heavy (non-hydrogen) atoms. The van der Waals surface area contributed by atoms with Crippen LogP contribution in [0.1, 0.15) is 30.0 Å². The van der Waals surface area contributed by atoms with E-state index in [0.717, 1.165) is 37.7 Å². The van der Waals surface area contributed by atoms with Crippen molar-refractivity contribution in [2.24, 2.45) is 0 Å². The highest BCUT2D eigenvalue weighted by atomic mass is 35.5. The Morgan fingerprint density at radius 1 is 0.872 bits per heavy atom. The largest absolute Gasteiger partial charge is 0.481 e. The molecule has 12 nitrogen and oxygen atoms in total. The minimum atomic E-state index is -3.98. The maximum absolute atomic E-state index is 11.9. The van der Waals surface area contributed by atoms with Gasteiger partial charge in [0.2, 0.25) is 10.0 Å². The molecule has 3 N–H and O–H groups in total. The van der Waals surface area contributed by atoms with Crippen molar-refractivity contribution in [3.05, 3.63) is 101 Å². The van der Waals surface area contributed by atoms with Gasteiger partial charge in [0.05, 0.1) is 24.7 Å². The van der Waals surface area contributed by atoms with Gasteiger partial charge in [-0.3, -0.25) is 19.4 Å². The lowest BCUT2D eigenvalue weighted by Gasteiger charge is -2.39. The van der Waals surface area contributed by atoms with Gasteiger partial charge in [-0.05, 0) is 41.8 Å². The molecule has 0 amide bonds. The number of nitrogens with zero attached hydrogens (tertiary/aromatic N) is 2. The molecule has 1 aliphatic rings. The van der Waals surface area contributed by atoms with Crippen LogP contribution >= 0.6 is 11.6 Å². The number of carboxylic acid groups (broad SMARTS) is 2. The third-order valence-electron chi connectivity index (χ3n) is 7.37. The number of esters is 1. The lowest BCUT2D eigenvalue weighted by Crippen LogP contribution is -2.48. The average Bonchev–Trinajstić information content (AvgIpc) is 3.07. The Morgan fingerprint density at radius 2 is 1.45 bits per heavy atom. The molecule has 1 fully saturated rings. The fourth-order valence-electron chi connectivity index (χ4n) is 4.90. The minimum Gasteiger partial charge on any atom is -0.481 e. The van der Waals surface area contributed by atoms with Crippen LogP contribution in [0.25, 0.3) is 0 Å². The lowest BCUT2D eigenvalue weighted by atomic mass is 9.96. The van der Waals surface area contributed by atoms with Crippen LogP contribution in [0.15, 0.2) is 89.8 Å². The van der Waals surface area contributed by atoms with E-state index < -0.39 is 34.4 Å². The van der Waals surface area contributed by atoms with E-state index >= 15 is 0 Å². The van der Waals surface area contributed by atoms with Crippen LogP contribution in [-0.2, 0) is 33.9 Å². The third-order valence-corrected chi connectivity index (χ3v) is 9.11. The number of rotatable bonds is 15. The second kappa shape index (κ2) is 19.1. The highest BCUT2D eigenvalue weighted by molar-refractivity contribution is 7.89. The predicted octanol–water partition coefficient (Wildman–Crippen LogP) is 3.52. The Morgan fingerprint density at radius 3 is 2.00 bits per heavy atom. The van der Waals surface area contributed by atoms with Crippen LogP contribution in [0.5, 0.6) is 0 Å². The van der Waals surface area contributed by atoms with E-state index in [-0.39, 0.29) is 29.9 Å². The number of hydrogen-bond acceptors (Lipinski definition) is 9. The molecule has 14 heteroatoms. The number of nitrogens with one attached hydrogen (secondary N) is 1. The maximum atomic E-state index is 11.9. The summed E-state index contributed by atoms with van der Waals surface area (Å²) in [5.41, 5.74) is 2.55. The number of halogens is 1. The summed E-state index contributed by atoms with van der Waals surface area (Å²) < 4.78 is 35.7. The zero-order valence-corrected chi connectivity index (χ0v) is 27.6. The van der Waals surface area contributed by atoms with Crippen LogP contribution in [-0.4, -0.2) is 105 Å². The van der Waals surface area contributed by atoms with Crippen LogP contribution < -0.4 is 4.72 Å². The first kappa shape index (κ1) is 37.6. The second-order valence-electron chi connectivity index (χ2n) is 10.6. The van der Waals surface area contributed by atoms with Gasteiger partial charge in [0, 0.05) is 44.2 Å². The Bertz CT molecular complexity index is 1520. The van der Waals surface area contributed by atoms with Crippen molar-refractivity contribution in [2.45, 2.75) is 29.8 Å². The molecule has 3 aromatic carbocycles. The van der Waals surface area contributed by atoms with Crippen LogP contribution in [0, 0.1) is 0 Å². The molecule has 0 spiro atoms. The van der Waals surface area contributed by atoms with Crippen molar-refractivity contribution in [1.82, 2.24) is 14.5 Å². The van der Waals surface area contributed by atoms with Crippen LogP contribution in [0.4, 0.5) is 0 Å². The fourth-order valence-corrected chi connectivity index (χ4v) is 6.27. The highest BCUT2D eigenvalue weighted by Crippen LogP contribution is 2.30. The first-order valence-corrected chi connectivity index (χ1v) is 16.8. The number of carbonyl (C=O) groups excluding carboxylic acids is 1. The van der Waals surface area contributed by atoms with Gasteiger partial charge in [-0.25, -0.2) is 13.2 Å². The van der Waals surface area contributed by atoms with Gasteiger partial charge >= 0.3 is 17.9 Å². The van der Waals surface area contributed by atoms with E-state index in [1.165, 1.54) is 42.5 Å². The van der Waals surface area contributed by atoms with Gasteiger partial charge in [0.15, 0.2) is 0 Å². The van der Waals surface area contributed by atoms with E-state index in [4.69, 9.17) is 26.6 Å².